The van der Waals surface area contributed by atoms with Gasteiger partial charge < -0.3 is 9.27 Å². The van der Waals surface area contributed by atoms with Crippen LogP contribution in [0.2, 0.25) is 0 Å². The fourth-order valence-corrected chi connectivity index (χ4v) is 1.57. The molecule has 1 unspecified atom stereocenters. The molecule has 0 radical (unpaired) electrons. The smallest absolute Gasteiger partial charge is 0.142 e. The van der Waals surface area contributed by atoms with Gasteiger partial charge in [0.05, 0.1) is 0 Å². The number of rotatable bonds is 4. The van der Waals surface area contributed by atoms with Crippen molar-refractivity contribution in [3.8, 4) is 0 Å². The van der Waals surface area contributed by atoms with Crippen LogP contribution in [0.25, 0.3) is 0 Å². The molecule has 1 rings (SSSR count). The summed E-state index contributed by atoms with van der Waals surface area (Å²) in [6, 6.07) is 6.78. The van der Waals surface area contributed by atoms with Crippen LogP contribution in [-0.4, -0.2) is 14.5 Å². The summed E-state index contributed by atoms with van der Waals surface area (Å²) in [5.74, 6) is 0.158. The monoisotopic (exact) mass is 254 g/mol. The quantitative estimate of drug-likeness (QED) is 0.836. The van der Waals surface area contributed by atoms with Gasteiger partial charge in [0.15, 0.2) is 0 Å². The first kappa shape index (κ1) is 13.9. The van der Waals surface area contributed by atoms with Crippen molar-refractivity contribution in [1.29, 1.82) is 0 Å². The molecule has 0 bridgehead atoms. The average molecular weight is 254 g/mol. The Hall–Kier alpha value is -1.20. The molecular weight excluding hydrogens is 238 g/mol. The molecule has 0 saturated carbocycles. The fraction of sp³-hybridized carbons (Fsp3) is 0.417. The van der Waals surface area contributed by atoms with E-state index in [2.05, 4.69) is 4.72 Å². The number of ketones is 1. The third-order valence-corrected chi connectivity index (χ3v) is 2.76. The Balaban J connectivity index is 2.69. The van der Waals surface area contributed by atoms with Crippen LogP contribution in [0.3, 0.4) is 0 Å². The van der Waals surface area contributed by atoms with E-state index < -0.39 is 11.3 Å². The van der Waals surface area contributed by atoms with Crippen LogP contribution in [0.4, 0.5) is 5.69 Å². The summed E-state index contributed by atoms with van der Waals surface area (Å²) >= 11 is -2.31. The number of nitrogens with one attached hydrogen (secondary N) is 1. The highest BCUT2D eigenvalue weighted by atomic mass is 32.2. The molecule has 1 aromatic carbocycles. The van der Waals surface area contributed by atoms with Crippen molar-refractivity contribution in [2.45, 2.75) is 27.2 Å². The molecule has 1 N–H and O–H groups in total. The summed E-state index contributed by atoms with van der Waals surface area (Å²) < 4.78 is 23.0. The maximum atomic E-state index is 11.8. The zero-order chi connectivity index (χ0) is 13.1. The van der Waals surface area contributed by atoms with Crippen LogP contribution >= 0.6 is 0 Å². The lowest BCUT2D eigenvalue weighted by Crippen LogP contribution is -2.22. The Bertz CT molecular complexity index is 420. The van der Waals surface area contributed by atoms with Crippen LogP contribution < -0.4 is 4.72 Å². The topological polar surface area (TPSA) is 69.2 Å². The predicted molar refractivity (Wildman–Crippen MR) is 67.2 cm³/mol. The molecule has 5 heteroatoms. The van der Waals surface area contributed by atoms with E-state index in [9.17, 15) is 13.6 Å². The minimum absolute atomic E-state index is 0.158. The van der Waals surface area contributed by atoms with Gasteiger partial charge in [0.1, 0.15) is 5.78 Å². The molecule has 4 nitrogen and oxygen atoms in total. The lowest BCUT2D eigenvalue weighted by molar-refractivity contribution is -0.125. The van der Waals surface area contributed by atoms with Gasteiger partial charge in [-0.1, -0.05) is 32.9 Å². The Labute approximate surface area is 104 Å². The number of carbonyl (C=O) groups is 1. The summed E-state index contributed by atoms with van der Waals surface area (Å²) in [6.45, 7) is 5.64. The molecule has 0 aliphatic carbocycles. The molecule has 1 atom stereocenters. The largest absolute Gasteiger partial charge is 0.755 e. The SMILES string of the molecule is CC(C)(C)C(=O)Cc1ccc(NS(=O)[O-])cc1. The maximum absolute atomic E-state index is 11.8. The van der Waals surface area contributed by atoms with Crippen molar-refractivity contribution in [3.63, 3.8) is 0 Å². The standard InChI is InChI=1S/C12H17NO3S/c1-12(2,3)11(14)8-9-4-6-10(7-5-9)13-17(15)16/h4-7,13H,8H2,1-3H3,(H,15,16)/p-1. The van der Waals surface area contributed by atoms with Gasteiger partial charge in [-0.15, -0.1) is 0 Å². The molecule has 0 spiro atoms. The third kappa shape index (κ3) is 4.66. The summed E-state index contributed by atoms with van der Waals surface area (Å²) in [7, 11) is 0. The van der Waals surface area contributed by atoms with Crippen LogP contribution in [0.1, 0.15) is 26.3 Å². The maximum Gasteiger partial charge on any atom is 0.142 e. The number of anilines is 1. The predicted octanol–water partition coefficient (Wildman–Crippen LogP) is 2.05. The molecule has 17 heavy (non-hydrogen) atoms. The second-order valence-electron chi connectivity index (χ2n) is 4.88. The number of carbonyl (C=O) groups excluding carboxylic acids is 1. The summed E-state index contributed by atoms with van der Waals surface area (Å²) in [5, 5.41) is 0. The van der Waals surface area contributed by atoms with Crippen LogP contribution in [0, 0.1) is 5.41 Å². The van der Waals surface area contributed by atoms with E-state index in [1.165, 1.54) is 0 Å². The van der Waals surface area contributed by atoms with Crippen LogP contribution in [0.5, 0.6) is 0 Å². The minimum atomic E-state index is -2.31. The van der Waals surface area contributed by atoms with E-state index in [4.69, 9.17) is 0 Å². The molecular formula is C12H16NO3S-. The van der Waals surface area contributed by atoms with Crippen molar-refractivity contribution >= 4 is 22.7 Å². The van der Waals surface area contributed by atoms with Gasteiger partial charge in [-0.05, 0) is 17.7 Å². The van der Waals surface area contributed by atoms with E-state index in [0.29, 0.717) is 12.1 Å². The Morgan fingerprint density at radius 1 is 1.29 bits per heavy atom. The molecule has 94 valence electrons. The van der Waals surface area contributed by atoms with Crippen molar-refractivity contribution in [2.75, 3.05) is 4.72 Å². The second-order valence-corrected chi connectivity index (χ2v) is 5.56. The highest BCUT2D eigenvalue weighted by molar-refractivity contribution is 7.80. The second kappa shape index (κ2) is 5.42. The number of benzene rings is 1. The summed E-state index contributed by atoms with van der Waals surface area (Å²) in [4.78, 5) is 11.8. The molecule has 0 amide bonds. The van der Waals surface area contributed by atoms with Gasteiger partial charge in [0.25, 0.3) is 0 Å². The van der Waals surface area contributed by atoms with E-state index in [-0.39, 0.29) is 11.2 Å². The molecule has 0 aliphatic rings. The van der Waals surface area contributed by atoms with Crippen LogP contribution in [-0.2, 0) is 22.5 Å². The van der Waals surface area contributed by atoms with Gasteiger partial charge >= 0.3 is 0 Å². The lowest BCUT2D eigenvalue weighted by atomic mass is 9.87. The highest BCUT2D eigenvalue weighted by Crippen LogP contribution is 2.18. The van der Waals surface area contributed by atoms with Crippen molar-refractivity contribution in [3.05, 3.63) is 29.8 Å². The summed E-state index contributed by atoms with van der Waals surface area (Å²) in [6.07, 6.45) is 0.365. The summed E-state index contributed by atoms with van der Waals surface area (Å²) in [5.41, 5.74) is 1.02. The van der Waals surface area contributed by atoms with Gasteiger partial charge in [-0.3, -0.25) is 9.00 Å². The third-order valence-electron chi connectivity index (χ3n) is 2.36. The zero-order valence-corrected chi connectivity index (χ0v) is 11.0. The lowest BCUT2D eigenvalue weighted by Gasteiger charge is -2.16. The first-order valence-electron chi connectivity index (χ1n) is 5.27. The van der Waals surface area contributed by atoms with Crippen LogP contribution in [0.15, 0.2) is 24.3 Å². The van der Waals surface area contributed by atoms with Gasteiger partial charge in [0.2, 0.25) is 0 Å². The highest BCUT2D eigenvalue weighted by Gasteiger charge is 2.20. The minimum Gasteiger partial charge on any atom is -0.755 e. The van der Waals surface area contributed by atoms with Crippen molar-refractivity contribution in [2.24, 2.45) is 5.41 Å². The van der Waals surface area contributed by atoms with Gasteiger partial charge in [0, 0.05) is 28.8 Å². The van der Waals surface area contributed by atoms with E-state index in [1.54, 1.807) is 24.3 Å². The number of hydrogen-bond acceptors (Lipinski definition) is 3. The van der Waals surface area contributed by atoms with Gasteiger partial charge in [-0.25, -0.2) is 0 Å². The Kier molecular flexibility index (Phi) is 4.42. The number of Topliss-reactive ketones (excluding diaryl/α,β-unsaturated/α-hetero) is 1. The molecule has 1 aromatic rings. The molecule has 0 saturated heterocycles. The first-order chi connectivity index (χ1) is 7.79. The van der Waals surface area contributed by atoms with E-state index in [0.717, 1.165) is 5.56 Å². The molecule has 0 heterocycles. The normalized spacial score (nSPS) is 13.2. The zero-order valence-electron chi connectivity index (χ0n) is 10.1. The van der Waals surface area contributed by atoms with E-state index >= 15 is 0 Å². The molecule has 0 fully saturated rings. The Morgan fingerprint density at radius 2 is 1.82 bits per heavy atom. The Morgan fingerprint density at radius 3 is 2.24 bits per heavy atom. The van der Waals surface area contributed by atoms with Crippen molar-refractivity contribution < 1.29 is 13.6 Å². The fourth-order valence-electron chi connectivity index (χ4n) is 1.24. The molecule has 0 aromatic heterocycles. The average Bonchev–Trinajstić information content (AvgIpc) is 2.18. The van der Waals surface area contributed by atoms with Crippen molar-refractivity contribution in [1.82, 2.24) is 0 Å². The number of hydrogen-bond donors (Lipinski definition) is 1. The first-order valence-corrected chi connectivity index (χ1v) is 6.34. The molecule has 0 aliphatic heterocycles. The van der Waals surface area contributed by atoms with Gasteiger partial charge in [-0.2, -0.15) is 0 Å². The van der Waals surface area contributed by atoms with E-state index in [1.807, 2.05) is 20.8 Å².